The lowest BCUT2D eigenvalue weighted by atomic mass is 10.2. The van der Waals surface area contributed by atoms with Crippen molar-refractivity contribution < 1.29 is 4.74 Å². The van der Waals surface area contributed by atoms with Crippen LogP contribution in [0.25, 0.3) is 10.9 Å². The molecule has 0 saturated heterocycles. The van der Waals surface area contributed by atoms with Crippen LogP contribution in [0.5, 0.6) is 5.75 Å². The quantitative estimate of drug-likeness (QED) is 0.743. The van der Waals surface area contributed by atoms with E-state index in [9.17, 15) is 0 Å². The number of nitrogens with zero attached hydrogens (tertiary/aromatic N) is 1. The highest BCUT2D eigenvalue weighted by Gasteiger charge is 2.04. The Hall–Kier alpha value is -1.44. The fourth-order valence-corrected chi connectivity index (χ4v) is 1.85. The lowest BCUT2D eigenvalue weighted by molar-refractivity contribution is 0.340. The summed E-state index contributed by atoms with van der Waals surface area (Å²) in [5, 5.41) is 1.25. The molecular weight excluding hydrogens is 186 g/mol. The third-order valence-corrected chi connectivity index (χ3v) is 2.56. The standard InChI is InChI=1S/C13H17NO/c1-4-15-12-5-6-13-11(9-12)7-8-14(13)10(2)3/h5-10H,4H2,1-3H3. The topological polar surface area (TPSA) is 14.2 Å². The van der Waals surface area contributed by atoms with Crippen LogP contribution in [0.2, 0.25) is 0 Å². The summed E-state index contributed by atoms with van der Waals surface area (Å²) in [4.78, 5) is 0. The average Bonchev–Trinajstić information content (AvgIpc) is 2.61. The molecule has 0 radical (unpaired) electrons. The number of ether oxygens (including phenoxy) is 1. The number of aromatic nitrogens is 1. The Labute approximate surface area is 90.5 Å². The second kappa shape index (κ2) is 3.97. The first-order chi connectivity index (χ1) is 7.22. The van der Waals surface area contributed by atoms with Crippen LogP contribution < -0.4 is 4.74 Å². The van der Waals surface area contributed by atoms with Gasteiger partial charge in [-0.3, -0.25) is 0 Å². The molecule has 1 aromatic carbocycles. The van der Waals surface area contributed by atoms with Crippen molar-refractivity contribution in [2.24, 2.45) is 0 Å². The lowest BCUT2D eigenvalue weighted by Gasteiger charge is -2.09. The first-order valence-corrected chi connectivity index (χ1v) is 5.45. The van der Waals surface area contributed by atoms with E-state index in [1.54, 1.807) is 0 Å². The molecule has 0 spiro atoms. The molecule has 2 aromatic rings. The number of benzene rings is 1. The fraction of sp³-hybridized carbons (Fsp3) is 0.385. The summed E-state index contributed by atoms with van der Waals surface area (Å²) in [6, 6.07) is 8.89. The van der Waals surface area contributed by atoms with Crippen molar-refractivity contribution in [2.45, 2.75) is 26.8 Å². The Balaban J connectivity index is 2.47. The summed E-state index contributed by atoms with van der Waals surface area (Å²) >= 11 is 0. The molecule has 0 N–H and O–H groups in total. The Morgan fingerprint density at radius 3 is 2.73 bits per heavy atom. The maximum atomic E-state index is 5.47. The summed E-state index contributed by atoms with van der Waals surface area (Å²) in [5.74, 6) is 0.950. The van der Waals surface area contributed by atoms with Crippen molar-refractivity contribution in [1.29, 1.82) is 0 Å². The minimum atomic E-state index is 0.500. The Bertz CT molecular complexity index is 457. The van der Waals surface area contributed by atoms with Crippen LogP contribution in [0.15, 0.2) is 30.5 Å². The van der Waals surface area contributed by atoms with E-state index in [4.69, 9.17) is 4.74 Å². The second-order valence-corrected chi connectivity index (χ2v) is 3.97. The van der Waals surface area contributed by atoms with Gasteiger partial charge in [0.2, 0.25) is 0 Å². The first-order valence-electron chi connectivity index (χ1n) is 5.45. The van der Waals surface area contributed by atoms with Crippen molar-refractivity contribution >= 4 is 10.9 Å². The highest BCUT2D eigenvalue weighted by molar-refractivity contribution is 5.81. The van der Waals surface area contributed by atoms with E-state index in [2.05, 4.69) is 42.8 Å². The van der Waals surface area contributed by atoms with Gasteiger partial charge in [-0.25, -0.2) is 0 Å². The Kier molecular flexibility index (Phi) is 2.67. The van der Waals surface area contributed by atoms with Crippen LogP contribution in [-0.4, -0.2) is 11.2 Å². The van der Waals surface area contributed by atoms with Crippen molar-refractivity contribution in [3.8, 4) is 5.75 Å². The van der Waals surface area contributed by atoms with Crippen LogP contribution in [0.3, 0.4) is 0 Å². The molecule has 0 fully saturated rings. The zero-order valence-corrected chi connectivity index (χ0v) is 9.53. The predicted octanol–water partition coefficient (Wildman–Crippen LogP) is 3.62. The van der Waals surface area contributed by atoms with Gasteiger partial charge in [-0.1, -0.05) is 0 Å². The SMILES string of the molecule is CCOc1ccc2c(ccn2C(C)C)c1. The molecule has 0 aliphatic heterocycles. The minimum Gasteiger partial charge on any atom is -0.494 e. The maximum absolute atomic E-state index is 5.47. The van der Waals surface area contributed by atoms with Crippen LogP contribution in [-0.2, 0) is 0 Å². The molecule has 2 nitrogen and oxygen atoms in total. The fourth-order valence-electron chi connectivity index (χ4n) is 1.85. The van der Waals surface area contributed by atoms with E-state index in [1.165, 1.54) is 10.9 Å². The molecule has 0 aliphatic rings. The lowest BCUT2D eigenvalue weighted by Crippen LogP contribution is -1.98. The largest absolute Gasteiger partial charge is 0.494 e. The molecule has 0 atom stereocenters. The van der Waals surface area contributed by atoms with Crippen LogP contribution >= 0.6 is 0 Å². The van der Waals surface area contributed by atoms with E-state index >= 15 is 0 Å². The van der Waals surface area contributed by atoms with Gasteiger partial charge in [-0.05, 0) is 45.0 Å². The normalized spacial score (nSPS) is 11.2. The Morgan fingerprint density at radius 1 is 1.27 bits per heavy atom. The summed E-state index contributed by atoms with van der Waals surface area (Å²) in [5.41, 5.74) is 1.27. The molecule has 0 saturated carbocycles. The van der Waals surface area contributed by atoms with Crippen molar-refractivity contribution in [1.82, 2.24) is 4.57 Å². The molecule has 0 aliphatic carbocycles. The molecule has 2 heteroatoms. The van der Waals surface area contributed by atoms with Crippen LogP contribution in [0.1, 0.15) is 26.8 Å². The number of rotatable bonds is 3. The average molecular weight is 203 g/mol. The van der Waals surface area contributed by atoms with Gasteiger partial charge in [-0.2, -0.15) is 0 Å². The molecule has 15 heavy (non-hydrogen) atoms. The van der Waals surface area contributed by atoms with Crippen molar-refractivity contribution in [2.75, 3.05) is 6.61 Å². The van der Waals surface area contributed by atoms with Crippen LogP contribution in [0, 0.1) is 0 Å². The molecule has 1 heterocycles. The smallest absolute Gasteiger partial charge is 0.120 e. The molecule has 0 bridgehead atoms. The number of hydrogen-bond donors (Lipinski definition) is 0. The molecule has 0 amide bonds. The third kappa shape index (κ3) is 1.84. The highest BCUT2D eigenvalue weighted by Crippen LogP contribution is 2.24. The van der Waals surface area contributed by atoms with Gasteiger partial charge in [0, 0.05) is 23.1 Å². The Morgan fingerprint density at radius 2 is 2.07 bits per heavy atom. The van der Waals surface area contributed by atoms with Gasteiger partial charge in [0.15, 0.2) is 0 Å². The van der Waals surface area contributed by atoms with Gasteiger partial charge in [-0.15, -0.1) is 0 Å². The molecule has 1 aromatic heterocycles. The van der Waals surface area contributed by atoms with Crippen molar-refractivity contribution in [3.05, 3.63) is 30.5 Å². The first kappa shape index (κ1) is 10.1. The highest BCUT2D eigenvalue weighted by atomic mass is 16.5. The van der Waals surface area contributed by atoms with Gasteiger partial charge in [0.25, 0.3) is 0 Å². The van der Waals surface area contributed by atoms with Gasteiger partial charge in [0.1, 0.15) is 5.75 Å². The van der Waals surface area contributed by atoms with E-state index in [-0.39, 0.29) is 0 Å². The van der Waals surface area contributed by atoms with E-state index in [0.29, 0.717) is 6.04 Å². The van der Waals surface area contributed by atoms with E-state index in [1.807, 2.05) is 13.0 Å². The zero-order valence-electron chi connectivity index (χ0n) is 9.53. The summed E-state index contributed by atoms with van der Waals surface area (Å²) < 4.78 is 7.74. The molecule has 2 rings (SSSR count). The second-order valence-electron chi connectivity index (χ2n) is 3.97. The van der Waals surface area contributed by atoms with E-state index in [0.717, 1.165) is 12.4 Å². The van der Waals surface area contributed by atoms with Crippen molar-refractivity contribution in [3.63, 3.8) is 0 Å². The molecular formula is C13H17NO. The molecule has 0 unspecified atom stereocenters. The predicted molar refractivity (Wildman–Crippen MR) is 63.5 cm³/mol. The zero-order chi connectivity index (χ0) is 10.8. The number of hydrogen-bond acceptors (Lipinski definition) is 1. The van der Waals surface area contributed by atoms with Gasteiger partial charge in [0.05, 0.1) is 6.61 Å². The van der Waals surface area contributed by atoms with Gasteiger partial charge >= 0.3 is 0 Å². The third-order valence-electron chi connectivity index (χ3n) is 2.56. The van der Waals surface area contributed by atoms with Crippen LogP contribution in [0.4, 0.5) is 0 Å². The maximum Gasteiger partial charge on any atom is 0.120 e. The van der Waals surface area contributed by atoms with Gasteiger partial charge < -0.3 is 9.30 Å². The molecule has 80 valence electrons. The summed E-state index contributed by atoms with van der Waals surface area (Å²) in [7, 11) is 0. The summed E-state index contributed by atoms with van der Waals surface area (Å²) in [6.07, 6.45) is 2.13. The van der Waals surface area contributed by atoms with E-state index < -0.39 is 0 Å². The monoisotopic (exact) mass is 203 g/mol. The number of fused-ring (bicyclic) bond motifs is 1. The summed E-state index contributed by atoms with van der Waals surface area (Å²) in [6.45, 7) is 7.10. The minimum absolute atomic E-state index is 0.500.